The van der Waals surface area contributed by atoms with Crippen molar-refractivity contribution >= 4 is 34.5 Å². The van der Waals surface area contributed by atoms with Crippen LogP contribution in [0.1, 0.15) is 30.7 Å². The van der Waals surface area contributed by atoms with Crippen LogP contribution in [0.4, 0.5) is 0 Å². The Morgan fingerprint density at radius 3 is 2.45 bits per heavy atom. The number of aliphatic hydroxyl groups excluding tert-OH is 1. The van der Waals surface area contributed by atoms with Gasteiger partial charge in [0, 0.05) is 28.9 Å². The molecule has 1 aromatic carbocycles. The van der Waals surface area contributed by atoms with Gasteiger partial charge in [-0.1, -0.05) is 50.0 Å². The molecule has 0 atom stereocenters. The Bertz CT molecular complexity index is 617. The molecule has 0 radical (unpaired) electrons. The van der Waals surface area contributed by atoms with Crippen LogP contribution < -0.4 is 0 Å². The molecule has 0 unspecified atom stereocenters. The van der Waals surface area contributed by atoms with E-state index in [0.717, 1.165) is 21.1 Å². The molecule has 2 aromatic rings. The number of hydrogen-bond donors (Lipinski definition) is 1. The topological polar surface area (TPSA) is 33.1 Å². The van der Waals surface area contributed by atoms with E-state index in [1.165, 1.54) is 0 Å². The third-order valence-electron chi connectivity index (χ3n) is 2.87. The summed E-state index contributed by atoms with van der Waals surface area (Å²) in [6.07, 6.45) is 0.601. The van der Waals surface area contributed by atoms with Crippen molar-refractivity contribution in [3.63, 3.8) is 0 Å². The minimum atomic E-state index is -0.0106. The second kappa shape index (κ2) is 6.02. The van der Waals surface area contributed by atoms with Crippen LogP contribution in [0.25, 0.3) is 11.3 Å². The Kier molecular flexibility index (Phi) is 4.75. The molecule has 0 fully saturated rings. The lowest BCUT2D eigenvalue weighted by atomic mass is 9.98. The van der Waals surface area contributed by atoms with Gasteiger partial charge in [-0.25, -0.2) is 4.98 Å². The fraction of sp³-hybridized carbons (Fsp3) is 0.400. The Balaban J connectivity index is 2.53. The Morgan fingerprint density at radius 1 is 1.20 bits per heavy atom. The number of aliphatic hydroxyl groups is 1. The zero-order valence-corrected chi connectivity index (χ0v) is 14.0. The van der Waals surface area contributed by atoms with Crippen molar-refractivity contribution < 1.29 is 5.11 Å². The summed E-state index contributed by atoms with van der Waals surface area (Å²) in [5, 5.41) is 11.3. The molecule has 0 aliphatic carbocycles. The second-order valence-corrected chi connectivity index (χ2v) is 7.54. The fourth-order valence-electron chi connectivity index (χ4n) is 1.81. The van der Waals surface area contributed by atoms with Gasteiger partial charge >= 0.3 is 0 Å². The third kappa shape index (κ3) is 3.34. The zero-order chi connectivity index (χ0) is 14.9. The fourth-order valence-corrected chi connectivity index (χ4v) is 3.24. The SMILES string of the molecule is CC(C)(C)c1nc(-c2ccc(Cl)c(Cl)c2)c(CCO)s1. The van der Waals surface area contributed by atoms with E-state index in [0.29, 0.717) is 16.5 Å². The normalized spacial score (nSPS) is 11.9. The van der Waals surface area contributed by atoms with Gasteiger partial charge in [-0.3, -0.25) is 0 Å². The minimum absolute atomic E-state index is 0.0106. The molecule has 1 N–H and O–H groups in total. The first kappa shape index (κ1) is 15.8. The molecule has 108 valence electrons. The maximum absolute atomic E-state index is 9.23. The van der Waals surface area contributed by atoms with Crippen LogP contribution in [-0.4, -0.2) is 16.7 Å². The highest BCUT2D eigenvalue weighted by Crippen LogP contribution is 2.36. The number of nitrogens with zero attached hydrogens (tertiary/aromatic N) is 1. The van der Waals surface area contributed by atoms with E-state index in [2.05, 4.69) is 20.8 Å². The molecule has 0 aliphatic heterocycles. The smallest absolute Gasteiger partial charge is 0.0988 e. The van der Waals surface area contributed by atoms with Gasteiger partial charge in [0.25, 0.3) is 0 Å². The average Bonchev–Trinajstić information content (AvgIpc) is 2.77. The van der Waals surface area contributed by atoms with Crippen molar-refractivity contribution in [1.82, 2.24) is 4.98 Å². The highest BCUT2D eigenvalue weighted by atomic mass is 35.5. The molecule has 0 amide bonds. The highest BCUT2D eigenvalue weighted by Gasteiger charge is 2.22. The lowest BCUT2D eigenvalue weighted by Gasteiger charge is -2.13. The number of benzene rings is 1. The van der Waals surface area contributed by atoms with Crippen LogP contribution in [0, 0.1) is 0 Å². The third-order valence-corrected chi connectivity index (χ3v) is 5.15. The van der Waals surface area contributed by atoms with E-state index in [-0.39, 0.29) is 12.0 Å². The van der Waals surface area contributed by atoms with E-state index in [1.807, 2.05) is 12.1 Å². The van der Waals surface area contributed by atoms with E-state index in [9.17, 15) is 5.11 Å². The monoisotopic (exact) mass is 329 g/mol. The molecule has 20 heavy (non-hydrogen) atoms. The van der Waals surface area contributed by atoms with Crippen LogP contribution in [0.3, 0.4) is 0 Å². The van der Waals surface area contributed by atoms with Crippen LogP contribution in [0.2, 0.25) is 10.0 Å². The molecule has 5 heteroatoms. The van der Waals surface area contributed by atoms with Crippen molar-refractivity contribution in [1.29, 1.82) is 0 Å². The van der Waals surface area contributed by atoms with Crippen LogP contribution in [-0.2, 0) is 11.8 Å². The molecule has 0 saturated heterocycles. The van der Waals surface area contributed by atoms with E-state index < -0.39 is 0 Å². The minimum Gasteiger partial charge on any atom is -0.396 e. The predicted octanol–water partition coefficient (Wildman–Crippen LogP) is 4.95. The lowest BCUT2D eigenvalue weighted by Crippen LogP contribution is -2.10. The summed E-state index contributed by atoms with van der Waals surface area (Å²) >= 11 is 13.7. The Morgan fingerprint density at radius 2 is 1.90 bits per heavy atom. The summed E-state index contributed by atoms with van der Waals surface area (Å²) in [7, 11) is 0. The van der Waals surface area contributed by atoms with Crippen molar-refractivity contribution in [2.45, 2.75) is 32.6 Å². The van der Waals surface area contributed by atoms with Crippen molar-refractivity contribution in [3.8, 4) is 11.3 Å². The molecule has 1 aromatic heterocycles. The molecule has 0 spiro atoms. The largest absolute Gasteiger partial charge is 0.396 e. The first-order valence-corrected chi connectivity index (χ1v) is 7.96. The molecule has 1 heterocycles. The molecular weight excluding hydrogens is 313 g/mol. The Labute approximate surface area is 133 Å². The summed E-state index contributed by atoms with van der Waals surface area (Å²) in [6, 6.07) is 5.51. The van der Waals surface area contributed by atoms with Gasteiger partial charge < -0.3 is 5.11 Å². The van der Waals surface area contributed by atoms with Crippen LogP contribution in [0.15, 0.2) is 18.2 Å². The summed E-state index contributed by atoms with van der Waals surface area (Å²) < 4.78 is 0. The lowest BCUT2D eigenvalue weighted by molar-refractivity contribution is 0.300. The molecule has 2 nitrogen and oxygen atoms in total. The van der Waals surface area contributed by atoms with E-state index in [1.54, 1.807) is 17.4 Å². The number of halogens is 2. The molecule has 2 rings (SSSR count). The highest BCUT2D eigenvalue weighted by molar-refractivity contribution is 7.12. The van der Waals surface area contributed by atoms with Gasteiger partial charge in [0.2, 0.25) is 0 Å². The van der Waals surface area contributed by atoms with Crippen LogP contribution >= 0.6 is 34.5 Å². The van der Waals surface area contributed by atoms with Gasteiger partial charge in [-0.15, -0.1) is 11.3 Å². The average molecular weight is 330 g/mol. The summed E-state index contributed by atoms with van der Waals surface area (Å²) in [6.45, 7) is 6.51. The predicted molar refractivity (Wildman–Crippen MR) is 87.1 cm³/mol. The first-order chi connectivity index (χ1) is 9.32. The van der Waals surface area contributed by atoms with Crippen molar-refractivity contribution in [2.24, 2.45) is 0 Å². The van der Waals surface area contributed by atoms with Gasteiger partial charge in [0.15, 0.2) is 0 Å². The number of rotatable bonds is 3. The van der Waals surface area contributed by atoms with E-state index >= 15 is 0 Å². The molecular formula is C15H17Cl2NOS. The maximum Gasteiger partial charge on any atom is 0.0988 e. The van der Waals surface area contributed by atoms with Gasteiger partial charge in [0.1, 0.15) is 0 Å². The van der Waals surface area contributed by atoms with Crippen molar-refractivity contribution in [2.75, 3.05) is 6.61 Å². The summed E-state index contributed by atoms with van der Waals surface area (Å²) in [5.41, 5.74) is 1.82. The first-order valence-electron chi connectivity index (χ1n) is 6.39. The number of thiazole rings is 1. The molecule has 0 aliphatic rings. The standard InChI is InChI=1S/C15H17Cl2NOS/c1-15(2,3)14-18-13(12(20-14)6-7-19)9-4-5-10(16)11(17)8-9/h4-5,8,19H,6-7H2,1-3H3. The van der Waals surface area contributed by atoms with Gasteiger partial charge in [-0.05, 0) is 12.1 Å². The maximum atomic E-state index is 9.23. The summed E-state index contributed by atoms with van der Waals surface area (Å²) in [4.78, 5) is 5.83. The zero-order valence-electron chi connectivity index (χ0n) is 11.7. The second-order valence-electron chi connectivity index (χ2n) is 5.64. The number of hydrogen-bond acceptors (Lipinski definition) is 3. The Hall–Kier alpha value is -0.610. The quantitative estimate of drug-likeness (QED) is 0.864. The van der Waals surface area contributed by atoms with Gasteiger partial charge in [-0.2, -0.15) is 0 Å². The molecule has 0 bridgehead atoms. The van der Waals surface area contributed by atoms with E-state index in [4.69, 9.17) is 28.2 Å². The van der Waals surface area contributed by atoms with Crippen molar-refractivity contribution in [3.05, 3.63) is 38.1 Å². The number of aromatic nitrogens is 1. The summed E-state index contributed by atoms with van der Waals surface area (Å²) in [5.74, 6) is 0. The van der Waals surface area contributed by atoms with Crippen LogP contribution in [0.5, 0.6) is 0 Å². The van der Waals surface area contributed by atoms with Gasteiger partial charge in [0.05, 0.1) is 20.7 Å². The molecule has 0 saturated carbocycles.